The second-order valence-corrected chi connectivity index (χ2v) is 5.18. The molecule has 0 N–H and O–H groups in total. The maximum atomic E-state index is 12.7. The monoisotopic (exact) mass is 278 g/mol. The third-order valence-corrected chi connectivity index (χ3v) is 3.69. The Labute approximate surface area is 124 Å². The van der Waals surface area contributed by atoms with E-state index in [1.54, 1.807) is 5.01 Å². The lowest BCUT2D eigenvalue weighted by Crippen LogP contribution is -2.27. The van der Waals surface area contributed by atoms with Crippen molar-refractivity contribution in [2.75, 3.05) is 5.01 Å². The molecule has 1 aliphatic heterocycles. The Hall–Kier alpha value is -2.42. The van der Waals surface area contributed by atoms with Gasteiger partial charge in [-0.1, -0.05) is 61.9 Å². The number of para-hydroxylation sites is 1. The second kappa shape index (κ2) is 5.92. The van der Waals surface area contributed by atoms with Gasteiger partial charge in [-0.2, -0.15) is 10.1 Å². The Balaban J connectivity index is 2.01. The van der Waals surface area contributed by atoms with Crippen LogP contribution in [0.25, 0.3) is 0 Å². The molecule has 106 valence electrons. The Kier molecular flexibility index (Phi) is 3.82. The zero-order valence-electron chi connectivity index (χ0n) is 12.1. The second-order valence-electron chi connectivity index (χ2n) is 5.18. The number of rotatable bonds is 4. The first kappa shape index (κ1) is 13.6. The lowest BCUT2D eigenvalue weighted by molar-refractivity contribution is -0.119. The minimum absolute atomic E-state index is 0.0712. The van der Waals surface area contributed by atoms with Crippen LogP contribution in [-0.2, 0) is 4.79 Å². The summed E-state index contributed by atoms with van der Waals surface area (Å²) in [5, 5.41) is 6.15. The standard InChI is InChI=1S/C18H18N2O/c1-2-9-16-17(14-10-5-3-6-11-14)19-20(18(16)21)15-12-7-4-8-13-15/h3-8,10-13,16H,2,9H2,1H3. The Morgan fingerprint density at radius 2 is 1.62 bits per heavy atom. The number of hydrogen-bond donors (Lipinski definition) is 0. The molecule has 0 spiro atoms. The molecule has 0 aromatic heterocycles. The van der Waals surface area contributed by atoms with Crippen molar-refractivity contribution < 1.29 is 4.79 Å². The van der Waals surface area contributed by atoms with Gasteiger partial charge >= 0.3 is 0 Å². The molecule has 2 aromatic rings. The van der Waals surface area contributed by atoms with Gasteiger partial charge in [0.25, 0.3) is 5.91 Å². The number of amides is 1. The van der Waals surface area contributed by atoms with Crippen LogP contribution < -0.4 is 5.01 Å². The molecule has 0 saturated carbocycles. The van der Waals surface area contributed by atoms with Gasteiger partial charge in [0.2, 0.25) is 0 Å². The highest BCUT2D eigenvalue weighted by Gasteiger charge is 2.36. The largest absolute Gasteiger partial charge is 0.272 e. The fraction of sp³-hybridized carbons (Fsp3) is 0.222. The summed E-state index contributed by atoms with van der Waals surface area (Å²) in [7, 11) is 0. The third kappa shape index (κ3) is 2.59. The van der Waals surface area contributed by atoms with Crippen LogP contribution >= 0.6 is 0 Å². The predicted molar refractivity (Wildman–Crippen MR) is 85.3 cm³/mol. The summed E-state index contributed by atoms with van der Waals surface area (Å²) in [5.74, 6) is -0.0699. The number of hydrogen-bond acceptors (Lipinski definition) is 2. The smallest absolute Gasteiger partial charge is 0.256 e. The van der Waals surface area contributed by atoms with Crippen LogP contribution in [0.3, 0.4) is 0 Å². The number of carbonyl (C=O) groups is 1. The highest BCUT2D eigenvalue weighted by molar-refractivity contribution is 6.21. The molecule has 1 unspecified atom stereocenters. The maximum Gasteiger partial charge on any atom is 0.256 e. The molecule has 21 heavy (non-hydrogen) atoms. The lowest BCUT2D eigenvalue weighted by atomic mass is 9.93. The van der Waals surface area contributed by atoms with Crippen LogP contribution in [-0.4, -0.2) is 11.6 Å². The van der Waals surface area contributed by atoms with Crippen molar-refractivity contribution in [2.24, 2.45) is 11.0 Å². The van der Waals surface area contributed by atoms with Crippen LogP contribution in [0, 0.1) is 5.92 Å². The summed E-state index contributed by atoms with van der Waals surface area (Å²) in [6.45, 7) is 2.10. The fourth-order valence-electron chi connectivity index (χ4n) is 2.66. The van der Waals surface area contributed by atoms with Crippen LogP contribution in [0.5, 0.6) is 0 Å². The van der Waals surface area contributed by atoms with Gasteiger partial charge in [-0.3, -0.25) is 4.79 Å². The quantitative estimate of drug-likeness (QED) is 0.836. The van der Waals surface area contributed by atoms with E-state index in [1.807, 2.05) is 60.7 Å². The minimum atomic E-state index is -0.141. The van der Waals surface area contributed by atoms with E-state index in [0.29, 0.717) is 0 Å². The van der Waals surface area contributed by atoms with Crippen molar-refractivity contribution in [3.63, 3.8) is 0 Å². The van der Waals surface area contributed by atoms with Crippen molar-refractivity contribution in [1.82, 2.24) is 0 Å². The summed E-state index contributed by atoms with van der Waals surface area (Å²) in [5.41, 5.74) is 2.74. The van der Waals surface area contributed by atoms with Gasteiger partial charge in [0.05, 0.1) is 17.3 Å². The first-order chi connectivity index (χ1) is 10.3. The summed E-state index contributed by atoms with van der Waals surface area (Å²) in [4.78, 5) is 12.7. The zero-order valence-corrected chi connectivity index (χ0v) is 12.1. The molecule has 0 saturated heterocycles. The summed E-state index contributed by atoms with van der Waals surface area (Å²) < 4.78 is 0. The van der Waals surface area contributed by atoms with Gasteiger partial charge in [0.1, 0.15) is 0 Å². The van der Waals surface area contributed by atoms with Gasteiger partial charge in [0.15, 0.2) is 0 Å². The fourth-order valence-corrected chi connectivity index (χ4v) is 2.66. The van der Waals surface area contributed by atoms with E-state index in [1.165, 1.54) is 0 Å². The Morgan fingerprint density at radius 1 is 1.00 bits per heavy atom. The van der Waals surface area contributed by atoms with E-state index < -0.39 is 0 Å². The number of nitrogens with zero attached hydrogens (tertiary/aromatic N) is 2. The molecular formula is C18H18N2O. The number of anilines is 1. The summed E-state index contributed by atoms with van der Waals surface area (Å²) in [6.07, 6.45) is 1.79. The molecule has 3 rings (SSSR count). The zero-order chi connectivity index (χ0) is 14.7. The number of carbonyl (C=O) groups excluding carboxylic acids is 1. The SMILES string of the molecule is CCCC1C(=O)N(c2ccccc2)N=C1c1ccccc1. The van der Waals surface area contributed by atoms with E-state index >= 15 is 0 Å². The molecule has 3 heteroatoms. The van der Waals surface area contributed by atoms with Gasteiger partial charge < -0.3 is 0 Å². The Morgan fingerprint density at radius 3 is 2.24 bits per heavy atom. The Bertz CT molecular complexity index is 649. The number of benzene rings is 2. The number of hydrazone groups is 1. The molecule has 1 amide bonds. The molecule has 3 nitrogen and oxygen atoms in total. The molecule has 1 aliphatic rings. The van der Waals surface area contributed by atoms with E-state index in [0.717, 1.165) is 29.8 Å². The van der Waals surface area contributed by atoms with Crippen molar-refractivity contribution in [3.05, 3.63) is 66.2 Å². The topological polar surface area (TPSA) is 32.7 Å². The van der Waals surface area contributed by atoms with Gasteiger partial charge in [-0.25, -0.2) is 0 Å². The van der Waals surface area contributed by atoms with Crippen LogP contribution in [0.15, 0.2) is 65.8 Å². The normalized spacial score (nSPS) is 18.0. The third-order valence-electron chi connectivity index (χ3n) is 3.69. The van der Waals surface area contributed by atoms with Crippen molar-refractivity contribution in [1.29, 1.82) is 0 Å². The van der Waals surface area contributed by atoms with E-state index in [-0.39, 0.29) is 11.8 Å². The minimum Gasteiger partial charge on any atom is -0.272 e. The molecular weight excluding hydrogens is 260 g/mol. The maximum absolute atomic E-state index is 12.7. The molecule has 0 aliphatic carbocycles. The molecule has 2 aromatic carbocycles. The van der Waals surface area contributed by atoms with Crippen molar-refractivity contribution in [3.8, 4) is 0 Å². The van der Waals surface area contributed by atoms with E-state index in [2.05, 4.69) is 12.0 Å². The van der Waals surface area contributed by atoms with Gasteiger partial charge in [-0.15, -0.1) is 0 Å². The van der Waals surface area contributed by atoms with Crippen molar-refractivity contribution in [2.45, 2.75) is 19.8 Å². The molecule has 1 heterocycles. The molecule has 0 bridgehead atoms. The first-order valence-electron chi connectivity index (χ1n) is 7.34. The summed E-state index contributed by atoms with van der Waals surface area (Å²) in [6, 6.07) is 19.6. The van der Waals surface area contributed by atoms with E-state index in [4.69, 9.17) is 0 Å². The predicted octanol–water partition coefficient (Wildman–Crippen LogP) is 3.85. The van der Waals surface area contributed by atoms with Gasteiger partial charge in [0, 0.05) is 0 Å². The average molecular weight is 278 g/mol. The molecule has 1 atom stereocenters. The summed E-state index contributed by atoms with van der Waals surface area (Å²) >= 11 is 0. The average Bonchev–Trinajstić information content (AvgIpc) is 2.87. The van der Waals surface area contributed by atoms with Crippen LogP contribution in [0.4, 0.5) is 5.69 Å². The highest BCUT2D eigenvalue weighted by Crippen LogP contribution is 2.28. The lowest BCUT2D eigenvalue weighted by Gasteiger charge is -2.13. The highest BCUT2D eigenvalue weighted by atomic mass is 16.2. The van der Waals surface area contributed by atoms with Gasteiger partial charge in [-0.05, 0) is 24.1 Å². The van der Waals surface area contributed by atoms with Crippen LogP contribution in [0.1, 0.15) is 25.3 Å². The first-order valence-corrected chi connectivity index (χ1v) is 7.34. The van der Waals surface area contributed by atoms with Crippen LogP contribution in [0.2, 0.25) is 0 Å². The molecule has 0 fully saturated rings. The van der Waals surface area contributed by atoms with Crippen molar-refractivity contribution >= 4 is 17.3 Å². The van der Waals surface area contributed by atoms with E-state index in [9.17, 15) is 4.79 Å². The molecule has 0 radical (unpaired) electrons.